The zero-order chi connectivity index (χ0) is 14.7. The first-order valence-corrected chi connectivity index (χ1v) is 8.11. The number of nitrogen functional groups attached to an aromatic ring is 1. The van der Waals surface area contributed by atoms with E-state index in [9.17, 15) is 0 Å². The van der Waals surface area contributed by atoms with E-state index >= 15 is 0 Å². The van der Waals surface area contributed by atoms with Crippen LogP contribution < -0.4 is 11.1 Å². The molecule has 0 aromatic carbocycles. The van der Waals surface area contributed by atoms with Gasteiger partial charge in [0.05, 0.1) is 0 Å². The minimum Gasteiger partial charge on any atom is -0.375 e. The van der Waals surface area contributed by atoms with Gasteiger partial charge in [-0.3, -0.25) is 4.90 Å². The van der Waals surface area contributed by atoms with Crippen LogP contribution in [-0.2, 0) is 6.54 Å². The Labute approximate surface area is 129 Å². The fourth-order valence-corrected chi connectivity index (χ4v) is 3.46. The summed E-state index contributed by atoms with van der Waals surface area (Å²) in [6, 6.07) is 6.09. The van der Waals surface area contributed by atoms with E-state index in [1.807, 2.05) is 31.3 Å². The highest BCUT2D eigenvalue weighted by Gasteiger charge is 2.22. The number of nitrogens with zero attached hydrogens (tertiary/aromatic N) is 3. The summed E-state index contributed by atoms with van der Waals surface area (Å²) in [5.41, 5.74) is 6.73. The smallest absolute Gasteiger partial charge is 0.180 e. The Morgan fingerprint density at radius 2 is 2.38 bits per heavy atom. The molecule has 21 heavy (non-hydrogen) atoms. The Morgan fingerprint density at radius 3 is 3.14 bits per heavy atom. The van der Waals surface area contributed by atoms with Crippen LogP contribution in [0.4, 0.5) is 10.9 Å². The van der Waals surface area contributed by atoms with Gasteiger partial charge in [0.2, 0.25) is 0 Å². The van der Waals surface area contributed by atoms with Crippen LogP contribution in [0.1, 0.15) is 17.0 Å². The summed E-state index contributed by atoms with van der Waals surface area (Å²) < 4.78 is 0. The first-order chi connectivity index (χ1) is 10.2. The van der Waals surface area contributed by atoms with Crippen LogP contribution in [0.25, 0.3) is 0 Å². The summed E-state index contributed by atoms with van der Waals surface area (Å²) in [7, 11) is 0. The first kappa shape index (κ1) is 14.3. The number of thiazole rings is 1. The molecular weight excluding hydrogens is 282 g/mol. The van der Waals surface area contributed by atoms with Gasteiger partial charge in [0, 0.05) is 36.4 Å². The van der Waals surface area contributed by atoms with Gasteiger partial charge in [-0.1, -0.05) is 6.07 Å². The standard InChI is InChI=1S/C15H21N5S/c1-11-3-2-4-14(19-11)17-7-12-5-6-20(9-12)10-13-8-18-15(16)21-13/h2-4,8,12H,5-7,9-10H2,1H3,(H2,16,18)(H,17,19). The van der Waals surface area contributed by atoms with Crippen molar-refractivity contribution in [2.75, 3.05) is 30.7 Å². The average Bonchev–Trinajstić information content (AvgIpc) is 3.06. The van der Waals surface area contributed by atoms with Crippen LogP contribution in [0.2, 0.25) is 0 Å². The molecule has 112 valence electrons. The van der Waals surface area contributed by atoms with Gasteiger partial charge in [0.15, 0.2) is 5.13 Å². The molecule has 3 N–H and O–H groups in total. The number of pyridine rings is 1. The average molecular weight is 303 g/mol. The molecule has 1 fully saturated rings. The van der Waals surface area contributed by atoms with Crippen molar-refractivity contribution in [3.05, 3.63) is 35.0 Å². The molecule has 0 saturated carbocycles. The molecule has 2 aromatic heterocycles. The number of nitrogens with one attached hydrogen (secondary N) is 1. The maximum atomic E-state index is 5.68. The fraction of sp³-hybridized carbons (Fsp3) is 0.467. The molecule has 1 unspecified atom stereocenters. The molecule has 0 aliphatic carbocycles. The van der Waals surface area contributed by atoms with Crippen molar-refractivity contribution in [1.29, 1.82) is 0 Å². The van der Waals surface area contributed by atoms with Crippen molar-refractivity contribution in [3.63, 3.8) is 0 Å². The van der Waals surface area contributed by atoms with Gasteiger partial charge in [0.1, 0.15) is 5.82 Å². The van der Waals surface area contributed by atoms with E-state index in [0.717, 1.165) is 37.7 Å². The highest BCUT2D eigenvalue weighted by Crippen LogP contribution is 2.22. The van der Waals surface area contributed by atoms with Crippen LogP contribution in [0.15, 0.2) is 24.4 Å². The van der Waals surface area contributed by atoms with Crippen molar-refractivity contribution in [2.24, 2.45) is 5.92 Å². The van der Waals surface area contributed by atoms with Crippen molar-refractivity contribution in [2.45, 2.75) is 19.9 Å². The van der Waals surface area contributed by atoms with E-state index in [2.05, 4.69) is 20.2 Å². The third-order valence-electron chi connectivity index (χ3n) is 3.78. The molecule has 2 aromatic rings. The molecule has 1 atom stereocenters. The third kappa shape index (κ3) is 3.92. The van der Waals surface area contributed by atoms with E-state index in [-0.39, 0.29) is 0 Å². The molecule has 6 heteroatoms. The van der Waals surface area contributed by atoms with Crippen molar-refractivity contribution >= 4 is 22.3 Å². The van der Waals surface area contributed by atoms with E-state index in [4.69, 9.17) is 5.73 Å². The number of anilines is 2. The van der Waals surface area contributed by atoms with Gasteiger partial charge in [-0.25, -0.2) is 9.97 Å². The lowest BCUT2D eigenvalue weighted by Crippen LogP contribution is -2.22. The lowest BCUT2D eigenvalue weighted by Gasteiger charge is -2.15. The van der Waals surface area contributed by atoms with Gasteiger partial charge in [-0.2, -0.15) is 0 Å². The van der Waals surface area contributed by atoms with Crippen LogP contribution in [0, 0.1) is 12.8 Å². The van der Waals surface area contributed by atoms with Gasteiger partial charge in [-0.15, -0.1) is 11.3 Å². The molecule has 3 rings (SSSR count). The molecule has 0 amide bonds. The number of hydrogen-bond acceptors (Lipinski definition) is 6. The number of rotatable bonds is 5. The second-order valence-corrected chi connectivity index (χ2v) is 6.75. The Balaban J connectivity index is 1.46. The Hall–Kier alpha value is -1.66. The zero-order valence-electron chi connectivity index (χ0n) is 12.2. The third-order valence-corrected chi connectivity index (χ3v) is 4.59. The van der Waals surface area contributed by atoms with E-state index in [1.54, 1.807) is 11.3 Å². The van der Waals surface area contributed by atoms with Crippen LogP contribution in [-0.4, -0.2) is 34.5 Å². The Morgan fingerprint density at radius 1 is 1.48 bits per heavy atom. The second-order valence-electron chi connectivity index (χ2n) is 5.60. The minimum absolute atomic E-state index is 0.660. The number of hydrogen-bond donors (Lipinski definition) is 2. The van der Waals surface area contributed by atoms with Gasteiger partial charge in [-0.05, 0) is 37.9 Å². The molecule has 0 radical (unpaired) electrons. The van der Waals surface area contributed by atoms with Crippen LogP contribution >= 0.6 is 11.3 Å². The number of nitrogens with two attached hydrogens (primary N) is 1. The Kier molecular flexibility index (Phi) is 4.36. The molecule has 1 aliphatic rings. The van der Waals surface area contributed by atoms with Crippen LogP contribution in [0.5, 0.6) is 0 Å². The topological polar surface area (TPSA) is 67.1 Å². The molecule has 0 spiro atoms. The number of likely N-dealkylation sites (tertiary alicyclic amines) is 1. The first-order valence-electron chi connectivity index (χ1n) is 7.29. The second kappa shape index (κ2) is 6.41. The highest BCUT2D eigenvalue weighted by atomic mass is 32.1. The molecule has 5 nitrogen and oxygen atoms in total. The maximum absolute atomic E-state index is 5.68. The summed E-state index contributed by atoms with van der Waals surface area (Å²) in [6.45, 7) is 6.23. The molecule has 1 aliphatic heterocycles. The van der Waals surface area contributed by atoms with Crippen LogP contribution in [0.3, 0.4) is 0 Å². The highest BCUT2D eigenvalue weighted by molar-refractivity contribution is 7.15. The van der Waals surface area contributed by atoms with E-state index in [0.29, 0.717) is 11.0 Å². The van der Waals surface area contributed by atoms with Crippen molar-refractivity contribution in [1.82, 2.24) is 14.9 Å². The summed E-state index contributed by atoms with van der Waals surface area (Å²) in [4.78, 5) is 12.3. The monoisotopic (exact) mass is 303 g/mol. The number of aromatic nitrogens is 2. The summed E-state index contributed by atoms with van der Waals surface area (Å²) in [6.07, 6.45) is 3.12. The van der Waals surface area contributed by atoms with E-state index < -0.39 is 0 Å². The largest absolute Gasteiger partial charge is 0.375 e. The Bertz CT molecular complexity index is 597. The minimum atomic E-state index is 0.660. The van der Waals surface area contributed by atoms with E-state index in [1.165, 1.54) is 11.3 Å². The SMILES string of the molecule is Cc1cccc(NCC2CCN(Cc3cnc(N)s3)C2)n1. The normalized spacial score (nSPS) is 19.0. The summed E-state index contributed by atoms with van der Waals surface area (Å²) >= 11 is 1.59. The molecule has 1 saturated heterocycles. The number of aryl methyl sites for hydroxylation is 1. The lowest BCUT2D eigenvalue weighted by atomic mass is 10.1. The predicted octanol–water partition coefficient (Wildman–Crippen LogP) is 2.36. The molecule has 3 heterocycles. The molecule has 0 bridgehead atoms. The maximum Gasteiger partial charge on any atom is 0.180 e. The van der Waals surface area contributed by atoms with Gasteiger partial charge < -0.3 is 11.1 Å². The van der Waals surface area contributed by atoms with Gasteiger partial charge in [0.25, 0.3) is 0 Å². The zero-order valence-corrected chi connectivity index (χ0v) is 13.1. The lowest BCUT2D eigenvalue weighted by molar-refractivity contribution is 0.321. The van der Waals surface area contributed by atoms with Gasteiger partial charge >= 0.3 is 0 Å². The van der Waals surface area contributed by atoms with Crippen molar-refractivity contribution < 1.29 is 0 Å². The predicted molar refractivity (Wildman–Crippen MR) is 87.4 cm³/mol. The quantitative estimate of drug-likeness (QED) is 0.887. The fourth-order valence-electron chi connectivity index (χ4n) is 2.73. The molecular formula is C15H21N5S. The van der Waals surface area contributed by atoms with Crippen molar-refractivity contribution in [3.8, 4) is 0 Å². The summed E-state index contributed by atoms with van der Waals surface area (Å²) in [5, 5.41) is 4.11. The summed E-state index contributed by atoms with van der Waals surface area (Å²) in [5.74, 6) is 1.65.